The van der Waals surface area contributed by atoms with Crippen LogP contribution in [0.5, 0.6) is 0 Å². The zero-order valence-electron chi connectivity index (χ0n) is 8.51. The maximum atomic E-state index is 13.5. The Bertz CT molecular complexity index is 374. The highest BCUT2D eigenvalue weighted by Gasteiger charge is 2.34. The Kier molecular flexibility index (Phi) is 2.89. The van der Waals surface area contributed by atoms with Gasteiger partial charge in [0, 0.05) is 12.7 Å². The van der Waals surface area contributed by atoms with Crippen LogP contribution in [0.4, 0.5) is 14.9 Å². The van der Waals surface area contributed by atoms with Gasteiger partial charge in [-0.2, -0.15) is 0 Å². The van der Waals surface area contributed by atoms with E-state index in [1.807, 2.05) is 6.07 Å². The Labute approximate surface area is 91.9 Å². The highest BCUT2D eigenvalue weighted by atomic mass is 19.1. The molecule has 0 radical (unpaired) electrons. The van der Waals surface area contributed by atoms with E-state index in [0.717, 1.165) is 5.69 Å². The molecule has 1 aromatic heterocycles. The molecule has 1 aliphatic rings. The molecule has 0 spiro atoms. The standard InChI is InChI=1S/C10H12FN3O2/c11-8-5-14(6-9(8)13-10(15)16)7-2-1-3-12-4-7/h1-4,8-9,13H,5-6H2,(H,15,16)/t8-,9+/m1/s1. The molecule has 2 heterocycles. The molecular formula is C10H12FN3O2. The van der Waals surface area contributed by atoms with Gasteiger partial charge in [-0.05, 0) is 12.1 Å². The van der Waals surface area contributed by atoms with Gasteiger partial charge in [0.15, 0.2) is 0 Å². The maximum absolute atomic E-state index is 13.5. The van der Waals surface area contributed by atoms with Crippen LogP contribution >= 0.6 is 0 Å². The molecule has 1 saturated heterocycles. The van der Waals surface area contributed by atoms with E-state index < -0.39 is 18.3 Å². The van der Waals surface area contributed by atoms with Crippen molar-refractivity contribution in [3.8, 4) is 0 Å². The fourth-order valence-electron chi connectivity index (χ4n) is 1.81. The summed E-state index contributed by atoms with van der Waals surface area (Å²) in [6, 6.07) is 2.92. The van der Waals surface area contributed by atoms with Gasteiger partial charge in [-0.25, -0.2) is 9.18 Å². The first-order valence-corrected chi connectivity index (χ1v) is 4.95. The second-order valence-corrected chi connectivity index (χ2v) is 3.69. The second kappa shape index (κ2) is 4.34. The van der Waals surface area contributed by atoms with Gasteiger partial charge in [0.25, 0.3) is 0 Å². The number of carbonyl (C=O) groups is 1. The summed E-state index contributed by atoms with van der Waals surface area (Å²) < 4.78 is 13.5. The summed E-state index contributed by atoms with van der Waals surface area (Å²) in [7, 11) is 0. The molecule has 86 valence electrons. The number of hydrogen-bond acceptors (Lipinski definition) is 3. The van der Waals surface area contributed by atoms with E-state index in [4.69, 9.17) is 5.11 Å². The molecule has 6 heteroatoms. The van der Waals surface area contributed by atoms with Crippen LogP contribution in [0.25, 0.3) is 0 Å². The van der Waals surface area contributed by atoms with E-state index in [2.05, 4.69) is 10.3 Å². The summed E-state index contributed by atoms with van der Waals surface area (Å²) in [4.78, 5) is 16.2. The highest BCUT2D eigenvalue weighted by Crippen LogP contribution is 2.20. The third-order valence-electron chi connectivity index (χ3n) is 2.57. The van der Waals surface area contributed by atoms with Crippen LogP contribution in [0.1, 0.15) is 0 Å². The molecule has 1 aromatic rings. The van der Waals surface area contributed by atoms with E-state index in [-0.39, 0.29) is 6.54 Å². The number of hydrogen-bond donors (Lipinski definition) is 2. The lowest BCUT2D eigenvalue weighted by Crippen LogP contribution is -2.40. The number of alkyl halides is 1. The van der Waals surface area contributed by atoms with Gasteiger partial charge in [-0.3, -0.25) is 4.98 Å². The fourth-order valence-corrected chi connectivity index (χ4v) is 1.81. The third kappa shape index (κ3) is 2.21. The molecular weight excluding hydrogens is 213 g/mol. The number of nitrogens with zero attached hydrogens (tertiary/aromatic N) is 2. The Morgan fingerprint density at radius 2 is 2.44 bits per heavy atom. The SMILES string of the molecule is O=C(O)N[C@H]1CN(c2cccnc2)C[C@H]1F. The molecule has 0 aliphatic carbocycles. The molecule has 0 saturated carbocycles. The molecule has 0 unspecified atom stereocenters. The van der Waals surface area contributed by atoms with Gasteiger partial charge in [0.2, 0.25) is 0 Å². The van der Waals surface area contributed by atoms with Gasteiger partial charge in [0.05, 0.1) is 24.5 Å². The second-order valence-electron chi connectivity index (χ2n) is 3.69. The average molecular weight is 225 g/mol. The van der Waals surface area contributed by atoms with Gasteiger partial charge in [0.1, 0.15) is 6.17 Å². The fraction of sp³-hybridized carbons (Fsp3) is 0.400. The van der Waals surface area contributed by atoms with Crippen molar-refractivity contribution in [3.05, 3.63) is 24.5 Å². The minimum absolute atomic E-state index is 0.191. The molecule has 5 nitrogen and oxygen atoms in total. The minimum Gasteiger partial charge on any atom is -0.465 e. The zero-order chi connectivity index (χ0) is 11.5. The van der Waals surface area contributed by atoms with Crippen molar-refractivity contribution in [2.24, 2.45) is 0 Å². The minimum atomic E-state index is -1.19. The first-order valence-electron chi connectivity index (χ1n) is 4.95. The number of carboxylic acid groups (broad SMARTS) is 1. The summed E-state index contributed by atoms with van der Waals surface area (Å²) in [5, 5.41) is 10.7. The van der Waals surface area contributed by atoms with Crippen molar-refractivity contribution >= 4 is 11.8 Å². The molecule has 1 aliphatic heterocycles. The summed E-state index contributed by atoms with van der Waals surface area (Å²) >= 11 is 0. The molecule has 2 atom stereocenters. The first-order chi connectivity index (χ1) is 7.66. The van der Waals surface area contributed by atoms with Gasteiger partial charge < -0.3 is 15.3 Å². The summed E-state index contributed by atoms with van der Waals surface area (Å²) in [5.41, 5.74) is 0.805. The zero-order valence-corrected chi connectivity index (χ0v) is 8.51. The summed E-state index contributed by atoms with van der Waals surface area (Å²) in [5.74, 6) is 0. The predicted molar refractivity (Wildman–Crippen MR) is 56.3 cm³/mol. The van der Waals surface area contributed by atoms with Crippen molar-refractivity contribution in [2.45, 2.75) is 12.2 Å². The van der Waals surface area contributed by atoms with Crippen LogP contribution in [0, 0.1) is 0 Å². The molecule has 16 heavy (non-hydrogen) atoms. The van der Waals surface area contributed by atoms with E-state index in [1.54, 1.807) is 23.4 Å². The van der Waals surface area contributed by atoms with Crippen LogP contribution in [-0.2, 0) is 0 Å². The molecule has 1 fully saturated rings. The van der Waals surface area contributed by atoms with Crippen molar-refractivity contribution in [1.29, 1.82) is 0 Å². The monoisotopic (exact) mass is 225 g/mol. The van der Waals surface area contributed by atoms with E-state index in [1.165, 1.54) is 0 Å². The third-order valence-corrected chi connectivity index (χ3v) is 2.57. The number of halogens is 1. The number of amides is 1. The Hall–Kier alpha value is -1.85. The van der Waals surface area contributed by atoms with Crippen molar-refractivity contribution in [1.82, 2.24) is 10.3 Å². The van der Waals surface area contributed by atoms with Crippen LogP contribution in [0.15, 0.2) is 24.5 Å². The number of rotatable bonds is 2. The Morgan fingerprint density at radius 1 is 1.62 bits per heavy atom. The number of nitrogens with one attached hydrogen (secondary N) is 1. The van der Waals surface area contributed by atoms with Crippen LogP contribution in [0.3, 0.4) is 0 Å². The molecule has 0 bridgehead atoms. The lowest BCUT2D eigenvalue weighted by molar-refractivity contribution is 0.183. The predicted octanol–water partition coefficient (Wildman–Crippen LogP) is 0.876. The van der Waals surface area contributed by atoms with Gasteiger partial charge in [-0.15, -0.1) is 0 Å². The van der Waals surface area contributed by atoms with E-state index in [0.29, 0.717) is 6.54 Å². The molecule has 0 aromatic carbocycles. The van der Waals surface area contributed by atoms with Crippen LogP contribution < -0.4 is 10.2 Å². The van der Waals surface area contributed by atoms with Crippen LogP contribution in [0.2, 0.25) is 0 Å². The lowest BCUT2D eigenvalue weighted by atomic mass is 10.2. The Balaban J connectivity index is 2.04. The van der Waals surface area contributed by atoms with Crippen molar-refractivity contribution < 1.29 is 14.3 Å². The average Bonchev–Trinajstić information content (AvgIpc) is 2.61. The van der Waals surface area contributed by atoms with E-state index in [9.17, 15) is 9.18 Å². The summed E-state index contributed by atoms with van der Waals surface area (Å²) in [6.45, 7) is 0.524. The quantitative estimate of drug-likeness (QED) is 0.784. The van der Waals surface area contributed by atoms with Crippen molar-refractivity contribution in [2.75, 3.05) is 18.0 Å². The normalized spacial score (nSPS) is 24.4. The van der Waals surface area contributed by atoms with Crippen LogP contribution in [-0.4, -0.2) is 41.5 Å². The molecule has 1 amide bonds. The highest BCUT2D eigenvalue weighted by molar-refractivity contribution is 5.65. The molecule has 2 rings (SSSR count). The molecule has 2 N–H and O–H groups in total. The van der Waals surface area contributed by atoms with E-state index >= 15 is 0 Å². The smallest absolute Gasteiger partial charge is 0.405 e. The number of anilines is 1. The topological polar surface area (TPSA) is 65.5 Å². The number of aromatic nitrogens is 1. The largest absolute Gasteiger partial charge is 0.465 e. The van der Waals surface area contributed by atoms with Crippen molar-refractivity contribution in [3.63, 3.8) is 0 Å². The maximum Gasteiger partial charge on any atom is 0.405 e. The summed E-state index contributed by atoms with van der Waals surface area (Å²) in [6.07, 6.45) is 0.895. The first kappa shape index (κ1) is 10.7. The Morgan fingerprint density at radius 3 is 3.06 bits per heavy atom. The van der Waals surface area contributed by atoms with Gasteiger partial charge in [-0.1, -0.05) is 0 Å². The van der Waals surface area contributed by atoms with Gasteiger partial charge >= 0.3 is 6.09 Å². The number of pyridine rings is 1. The lowest BCUT2D eigenvalue weighted by Gasteiger charge is -2.17.